The van der Waals surface area contributed by atoms with Gasteiger partial charge in [-0.2, -0.15) is 5.26 Å². The Morgan fingerprint density at radius 3 is 2.83 bits per heavy atom. The molecule has 1 fully saturated rings. The minimum absolute atomic E-state index is 0.524. The minimum atomic E-state index is 0.524. The molecule has 1 aliphatic rings. The summed E-state index contributed by atoms with van der Waals surface area (Å²) in [7, 11) is 1.55. The van der Waals surface area contributed by atoms with Gasteiger partial charge in [0.2, 0.25) is 0 Å². The van der Waals surface area contributed by atoms with Crippen molar-refractivity contribution in [2.75, 3.05) is 26.9 Å². The first-order valence-electron chi connectivity index (χ1n) is 6.12. The van der Waals surface area contributed by atoms with Crippen molar-refractivity contribution < 1.29 is 14.2 Å². The van der Waals surface area contributed by atoms with E-state index in [1.807, 2.05) is 0 Å². The summed E-state index contributed by atoms with van der Waals surface area (Å²) in [4.78, 5) is 0. The molecule has 96 valence electrons. The summed E-state index contributed by atoms with van der Waals surface area (Å²) in [6.45, 7) is 2.34. The van der Waals surface area contributed by atoms with Gasteiger partial charge < -0.3 is 14.2 Å². The van der Waals surface area contributed by atoms with Crippen LogP contribution in [0, 0.1) is 17.2 Å². The third kappa shape index (κ3) is 3.14. The lowest BCUT2D eigenvalue weighted by atomic mass is 10.0. The van der Waals surface area contributed by atoms with Gasteiger partial charge in [-0.15, -0.1) is 0 Å². The first-order valence-corrected chi connectivity index (χ1v) is 6.12. The van der Waals surface area contributed by atoms with E-state index in [4.69, 9.17) is 19.5 Å². The van der Waals surface area contributed by atoms with Gasteiger partial charge in [-0.1, -0.05) is 0 Å². The van der Waals surface area contributed by atoms with Crippen molar-refractivity contribution in [2.45, 2.75) is 12.8 Å². The molecule has 0 aliphatic carbocycles. The summed E-state index contributed by atoms with van der Waals surface area (Å²) in [6.07, 6.45) is 2.10. The largest absolute Gasteiger partial charge is 0.495 e. The van der Waals surface area contributed by atoms with Crippen LogP contribution < -0.4 is 9.47 Å². The van der Waals surface area contributed by atoms with Crippen LogP contribution >= 0.6 is 0 Å². The molecule has 0 saturated carbocycles. The Morgan fingerprint density at radius 2 is 2.17 bits per heavy atom. The van der Waals surface area contributed by atoms with Crippen LogP contribution in [-0.4, -0.2) is 26.9 Å². The van der Waals surface area contributed by atoms with Crippen LogP contribution in [0.15, 0.2) is 18.2 Å². The third-order valence-electron chi connectivity index (χ3n) is 3.12. The Hall–Kier alpha value is -1.73. The van der Waals surface area contributed by atoms with Crippen molar-refractivity contribution in [1.82, 2.24) is 0 Å². The van der Waals surface area contributed by atoms with Crippen LogP contribution in [0.2, 0.25) is 0 Å². The van der Waals surface area contributed by atoms with E-state index in [1.165, 1.54) is 0 Å². The Bertz CT molecular complexity index is 433. The second-order valence-corrected chi connectivity index (χ2v) is 4.34. The van der Waals surface area contributed by atoms with E-state index >= 15 is 0 Å². The summed E-state index contributed by atoms with van der Waals surface area (Å²) < 4.78 is 16.2. The highest BCUT2D eigenvalue weighted by atomic mass is 16.5. The second kappa shape index (κ2) is 6.27. The lowest BCUT2D eigenvalue weighted by Crippen LogP contribution is -2.21. The van der Waals surface area contributed by atoms with Crippen LogP contribution in [0.3, 0.4) is 0 Å². The van der Waals surface area contributed by atoms with Gasteiger partial charge in [0.25, 0.3) is 0 Å². The van der Waals surface area contributed by atoms with E-state index in [0.29, 0.717) is 23.8 Å². The maximum atomic E-state index is 8.89. The molecule has 0 atom stereocenters. The van der Waals surface area contributed by atoms with Gasteiger partial charge >= 0.3 is 0 Å². The van der Waals surface area contributed by atoms with Crippen molar-refractivity contribution in [3.8, 4) is 17.6 Å². The molecule has 4 heteroatoms. The van der Waals surface area contributed by atoms with E-state index in [0.717, 1.165) is 31.8 Å². The molecule has 0 radical (unpaired) electrons. The molecule has 0 bridgehead atoms. The van der Waals surface area contributed by atoms with Gasteiger partial charge in [0.1, 0.15) is 17.6 Å². The fourth-order valence-electron chi connectivity index (χ4n) is 1.98. The predicted molar refractivity (Wildman–Crippen MR) is 66.7 cm³/mol. The number of methoxy groups -OCH3 is 1. The molecule has 2 rings (SSSR count). The summed E-state index contributed by atoms with van der Waals surface area (Å²) in [5, 5.41) is 8.89. The van der Waals surface area contributed by atoms with Gasteiger partial charge in [-0.25, -0.2) is 0 Å². The van der Waals surface area contributed by atoms with Crippen molar-refractivity contribution in [3.63, 3.8) is 0 Å². The van der Waals surface area contributed by atoms with Gasteiger partial charge in [-0.3, -0.25) is 0 Å². The monoisotopic (exact) mass is 247 g/mol. The number of nitrogens with zero attached hydrogens (tertiary/aromatic N) is 1. The fourth-order valence-corrected chi connectivity index (χ4v) is 1.98. The van der Waals surface area contributed by atoms with Gasteiger partial charge in [0.15, 0.2) is 0 Å². The Labute approximate surface area is 107 Å². The van der Waals surface area contributed by atoms with Gasteiger partial charge in [-0.05, 0) is 30.9 Å². The van der Waals surface area contributed by atoms with Crippen molar-refractivity contribution in [1.29, 1.82) is 5.26 Å². The van der Waals surface area contributed by atoms with E-state index in [-0.39, 0.29) is 0 Å². The average molecular weight is 247 g/mol. The molecule has 0 unspecified atom stereocenters. The van der Waals surface area contributed by atoms with Gasteiger partial charge in [0.05, 0.1) is 19.3 Å². The second-order valence-electron chi connectivity index (χ2n) is 4.34. The number of nitriles is 1. The quantitative estimate of drug-likeness (QED) is 0.819. The maximum absolute atomic E-state index is 8.89. The van der Waals surface area contributed by atoms with E-state index < -0.39 is 0 Å². The summed E-state index contributed by atoms with van der Waals surface area (Å²) in [5.74, 6) is 1.86. The van der Waals surface area contributed by atoms with E-state index in [9.17, 15) is 0 Å². The summed E-state index contributed by atoms with van der Waals surface area (Å²) in [6, 6.07) is 7.37. The first kappa shape index (κ1) is 12.7. The highest BCUT2D eigenvalue weighted by molar-refractivity contribution is 5.47. The average Bonchev–Trinajstić information content (AvgIpc) is 2.45. The Balaban J connectivity index is 1.95. The van der Waals surface area contributed by atoms with Crippen LogP contribution in [0.1, 0.15) is 18.4 Å². The Morgan fingerprint density at radius 1 is 1.39 bits per heavy atom. The zero-order chi connectivity index (χ0) is 12.8. The third-order valence-corrected chi connectivity index (χ3v) is 3.12. The number of benzene rings is 1. The molecular weight excluding hydrogens is 230 g/mol. The predicted octanol–water partition coefficient (Wildman–Crippen LogP) is 2.37. The van der Waals surface area contributed by atoms with Crippen LogP contribution in [0.4, 0.5) is 0 Å². The minimum Gasteiger partial charge on any atom is -0.495 e. The van der Waals surface area contributed by atoms with Crippen molar-refractivity contribution >= 4 is 0 Å². The van der Waals surface area contributed by atoms with Gasteiger partial charge in [0, 0.05) is 19.3 Å². The molecule has 18 heavy (non-hydrogen) atoms. The molecule has 0 amide bonds. The van der Waals surface area contributed by atoms with Crippen LogP contribution in [-0.2, 0) is 4.74 Å². The Kier molecular flexibility index (Phi) is 4.43. The summed E-state index contributed by atoms with van der Waals surface area (Å²) in [5.41, 5.74) is 0.524. The summed E-state index contributed by atoms with van der Waals surface area (Å²) >= 11 is 0. The van der Waals surface area contributed by atoms with E-state index in [2.05, 4.69) is 6.07 Å². The maximum Gasteiger partial charge on any atom is 0.140 e. The van der Waals surface area contributed by atoms with Crippen molar-refractivity contribution in [2.24, 2.45) is 5.92 Å². The zero-order valence-corrected chi connectivity index (χ0v) is 10.5. The smallest absolute Gasteiger partial charge is 0.140 e. The zero-order valence-electron chi connectivity index (χ0n) is 10.5. The topological polar surface area (TPSA) is 51.5 Å². The molecule has 1 aliphatic heterocycles. The normalized spacial score (nSPS) is 16.0. The van der Waals surface area contributed by atoms with Crippen molar-refractivity contribution in [3.05, 3.63) is 23.8 Å². The molecular formula is C14H17NO3. The molecule has 1 heterocycles. The van der Waals surface area contributed by atoms with Crippen LogP contribution in [0.5, 0.6) is 11.5 Å². The molecule has 1 saturated heterocycles. The van der Waals surface area contributed by atoms with Crippen LogP contribution in [0.25, 0.3) is 0 Å². The molecule has 0 N–H and O–H groups in total. The standard InChI is InChI=1S/C14H17NO3/c1-16-14-8-13(3-2-12(14)9-15)18-10-11-4-6-17-7-5-11/h2-3,8,11H,4-7,10H2,1H3. The SMILES string of the molecule is COc1cc(OCC2CCOCC2)ccc1C#N. The lowest BCUT2D eigenvalue weighted by Gasteiger charge is -2.22. The molecule has 1 aromatic carbocycles. The van der Waals surface area contributed by atoms with E-state index in [1.54, 1.807) is 25.3 Å². The number of rotatable bonds is 4. The highest BCUT2D eigenvalue weighted by Gasteiger charge is 2.14. The number of ether oxygens (including phenoxy) is 3. The molecule has 4 nitrogen and oxygen atoms in total. The highest BCUT2D eigenvalue weighted by Crippen LogP contribution is 2.25. The molecule has 0 spiro atoms. The first-order chi connectivity index (χ1) is 8.83. The molecule has 0 aromatic heterocycles. The fraction of sp³-hybridized carbons (Fsp3) is 0.500. The number of hydrogen-bond acceptors (Lipinski definition) is 4. The number of hydrogen-bond donors (Lipinski definition) is 0. The molecule has 1 aromatic rings. The lowest BCUT2D eigenvalue weighted by molar-refractivity contribution is 0.0497.